The normalized spacial score (nSPS) is 27.6. The Bertz CT molecular complexity index is 180. The maximum absolute atomic E-state index is 5.87. The lowest BCUT2D eigenvalue weighted by atomic mass is 9.92. The van der Waals surface area contributed by atoms with Crippen LogP contribution in [0.3, 0.4) is 0 Å². The predicted molar refractivity (Wildman–Crippen MR) is 70.6 cm³/mol. The highest BCUT2D eigenvalue weighted by Crippen LogP contribution is 2.21. The largest absolute Gasteiger partial charge is 0.329 e. The van der Waals surface area contributed by atoms with Gasteiger partial charge in [-0.15, -0.1) is 0 Å². The summed E-state index contributed by atoms with van der Waals surface area (Å²) in [5.41, 5.74) is 5.87. The maximum atomic E-state index is 5.87. The van der Waals surface area contributed by atoms with Crippen molar-refractivity contribution in [2.24, 2.45) is 11.7 Å². The van der Waals surface area contributed by atoms with Gasteiger partial charge in [-0.3, -0.25) is 4.90 Å². The van der Waals surface area contributed by atoms with Gasteiger partial charge in [-0.1, -0.05) is 20.8 Å². The fraction of sp³-hybridized carbons (Fsp3) is 1.00. The van der Waals surface area contributed by atoms with Crippen LogP contribution in [0.4, 0.5) is 0 Å². The lowest BCUT2D eigenvalue weighted by molar-refractivity contribution is 0.107. The van der Waals surface area contributed by atoms with Crippen molar-refractivity contribution in [3.8, 4) is 0 Å². The summed E-state index contributed by atoms with van der Waals surface area (Å²) >= 11 is 0. The second-order valence-corrected chi connectivity index (χ2v) is 5.08. The average molecular weight is 227 g/mol. The van der Waals surface area contributed by atoms with Crippen LogP contribution in [0.25, 0.3) is 0 Å². The van der Waals surface area contributed by atoms with E-state index in [-0.39, 0.29) is 0 Å². The second kappa shape index (κ2) is 7.25. The zero-order valence-electron chi connectivity index (χ0n) is 11.3. The molecule has 1 aliphatic heterocycles. The van der Waals surface area contributed by atoms with E-state index in [1.165, 1.54) is 32.5 Å². The Hall–Kier alpha value is -0.120. The molecule has 1 saturated heterocycles. The molecule has 0 bridgehead atoms. The van der Waals surface area contributed by atoms with Gasteiger partial charge in [0.25, 0.3) is 0 Å². The summed E-state index contributed by atoms with van der Waals surface area (Å²) in [5.74, 6) is 0.859. The molecule has 3 nitrogen and oxygen atoms in total. The fourth-order valence-electron chi connectivity index (χ4n) is 2.65. The lowest BCUT2D eigenvalue weighted by Gasteiger charge is -2.38. The zero-order chi connectivity index (χ0) is 12.0. The molecule has 96 valence electrons. The molecule has 2 atom stereocenters. The first-order chi connectivity index (χ1) is 7.71. The first kappa shape index (κ1) is 13.9. The quantitative estimate of drug-likeness (QED) is 0.744. The Morgan fingerprint density at radius 3 is 2.56 bits per heavy atom. The maximum Gasteiger partial charge on any atom is 0.0221 e. The van der Waals surface area contributed by atoms with Crippen LogP contribution < -0.4 is 5.73 Å². The summed E-state index contributed by atoms with van der Waals surface area (Å²) in [4.78, 5) is 5.09. The molecule has 3 heteroatoms. The highest BCUT2D eigenvalue weighted by Gasteiger charge is 2.24. The minimum atomic E-state index is 0.624. The zero-order valence-corrected chi connectivity index (χ0v) is 11.3. The van der Waals surface area contributed by atoms with Crippen LogP contribution in [0.1, 0.15) is 33.6 Å². The second-order valence-electron chi connectivity index (χ2n) is 5.08. The summed E-state index contributed by atoms with van der Waals surface area (Å²) in [6.07, 6.45) is 2.63. The number of hydrogen-bond acceptors (Lipinski definition) is 3. The predicted octanol–water partition coefficient (Wildman–Crippen LogP) is 1.39. The third kappa shape index (κ3) is 4.04. The van der Waals surface area contributed by atoms with Crippen molar-refractivity contribution in [1.29, 1.82) is 0 Å². The van der Waals surface area contributed by atoms with Gasteiger partial charge in [0.05, 0.1) is 0 Å². The van der Waals surface area contributed by atoms with E-state index < -0.39 is 0 Å². The van der Waals surface area contributed by atoms with Gasteiger partial charge in [0.1, 0.15) is 0 Å². The number of rotatable bonds is 6. The van der Waals surface area contributed by atoms with Crippen LogP contribution in [-0.4, -0.2) is 55.1 Å². The van der Waals surface area contributed by atoms with Crippen molar-refractivity contribution in [1.82, 2.24) is 9.80 Å². The number of likely N-dealkylation sites (N-methyl/N-ethyl adjacent to an activating group) is 1. The number of piperidine rings is 1. The molecule has 0 spiro atoms. The van der Waals surface area contributed by atoms with Gasteiger partial charge in [-0.05, 0) is 38.4 Å². The van der Waals surface area contributed by atoms with Crippen molar-refractivity contribution in [3.63, 3.8) is 0 Å². The van der Waals surface area contributed by atoms with Crippen LogP contribution in [0.15, 0.2) is 0 Å². The van der Waals surface area contributed by atoms with Crippen molar-refractivity contribution in [3.05, 3.63) is 0 Å². The van der Waals surface area contributed by atoms with Gasteiger partial charge in [0.2, 0.25) is 0 Å². The van der Waals surface area contributed by atoms with Gasteiger partial charge in [-0.2, -0.15) is 0 Å². The van der Waals surface area contributed by atoms with Crippen molar-refractivity contribution in [2.45, 2.75) is 39.7 Å². The molecule has 2 N–H and O–H groups in total. The Labute approximate surface area is 101 Å². The molecule has 2 unspecified atom stereocenters. The van der Waals surface area contributed by atoms with Crippen LogP contribution in [0.5, 0.6) is 0 Å². The van der Waals surface area contributed by atoms with Crippen molar-refractivity contribution >= 4 is 0 Å². The van der Waals surface area contributed by atoms with E-state index in [9.17, 15) is 0 Å². The summed E-state index contributed by atoms with van der Waals surface area (Å²) in [5, 5.41) is 0. The minimum absolute atomic E-state index is 0.624. The smallest absolute Gasteiger partial charge is 0.0221 e. The minimum Gasteiger partial charge on any atom is -0.329 e. The van der Waals surface area contributed by atoms with Crippen LogP contribution in [-0.2, 0) is 0 Å². The highest BCUT2D eigenvalue weighted by molar-refractivity contribution is 4.81. The summed E-state index contributed by atoms with van der Waals surface area (Å²) in [7, 11) is 0. The summed E-state index contributed by atoms with van der Waals surface area (Å²) < 4.78 is 0. The van der Waals surface area contributed by atoms with E-state index in [1.807, 2.05) is 0 Å². The van der Waals surface area contributed by atoms with E-state index >= 15 is 0 Å². The first-order valence-corrected chi connectivity index (χ1v) is 6.87. The molecule has 0 amide bonds. The molecule has 0 aromatic carbocycles. The van der Waals surface area contributed by atoms with E-state index in [0.29, 0.717) is 6.04 Å². The third-order valence-electron chi connectivity index (χ3n) is 3.97. The number of nitrogens with two attached hydrogens (primary N) is 1. The molecule has 0 aromatic rings. The van der Waals surface area contributed by atoms with E-state index in [0.717, 1.165) is 25.6 Å². The summed E-state index contributed by atoms with van der Waals surface area (Å²) in [6.45, 7) is 13.6. The van der Waals surface area contributed by atoms with Crippen LogP contribution in [0.2, 0.25) is 0 Å². The molecule has 0 aromatic heterocycles. The van der Waals surface area contributed by atoms with Gasteiger partial charge in [-0.25, -0.2) is 0 Å². The van der Waals surface area contributed by atoms with Gasteiger partial charge >= 0.3 is 0 Å². The molecular formula is C13H29N3. The Morgan fingerprint density at radius 2 is 2.00 bits per heavy atom. The molecule has 1 aliphatic rings. The molecule has 1 heterocycles. The Kier molecular flexibility index (Phi) is 6.32. The monoisotopic (exact) mass is 227 g/mol. The third-order valence-corrected chi connectivity index (χ3v) is 3.97. The summed E-state index contributed by atoms with van der Waals surface area (Å²) in [6, 6.07) is 0.624. The SMILES string of the molecule is CCN(CC)CCN1CCC(C)CC1CN. The van der Waals surface area contributed by atoms with Gasteiger partial charge in [0, 0.05) is 25.7 Å². The molecule has 1 fully saturated rings. The fourth-order valence-corrected chi connectivity index (χ4v) is 2.65. The van der Waals surface area contributed by atoms with Gasteiger partial charge < -0.3 is 10.6 Å². The lowest BCUT2D eigenvalue weighted by Crippen LogP contribution is -2.48. The highest BCUT2D eigenvalue weighted by atomic mass is 15.2. The first-order valence-electron chi connectivity index (χ1n) is 6.87. The van der Waals surface area contributed by atoms with Crippen molar-refractivity contribution < 1.29 is 0 Å². The van der Waals surface area contributed by atoms with E-state index in [2.05, 4.69) is 30.6 Å². The molecular weight excluding hydrogens is 198 g/mol. The van der Waals surface area contributed by atoms with Gasteiger partial charge in [0.15, 0.2) is 0 Å². The number of hydrogen-bond donors (Lipinski definition) is 1. The Morgan fingerprint density at radius 1 is 1.31 bits per heavy atom. The number of nitrogens with zero attached hydrogens (tertiary/aromatic N) is 2. The van der Waals surface area contributed by atoms with E-state index in [1.54, 1.807) is 0 Å². The molecule has 0 radical (unpaired) electrons. The standard InChI is InChI=1S/C13H29N3/c1-4-15(5-2)8-9-16-7-6-12(3)10-13(16)11-14/h12-13H,4-11,14H2,1-3H3. The number of likely N-dealkylation sites (tertiary alicyclic amines) is 1. The van der Waals surface area contributed by atoms with Crippen molar-refractivity contribution in [2.75, 3.05) is 39.3 Å². The van der Waals surface area contributed by atoms with Crippen LogP contribution >= 0.6 is 0 Å². The van der Waals surface area contributed by atoms with E-state index in [4.69, 9.17) is 5.73 Å². The molecule has 1 rings (SSSR count). The molecule has 0 aliphatic carbocycles. The molecule has 16 heavy (non-hydrogen) atoms. The van der Waals surface area contributed by atoms with Crippen LogP contribution in [0, 0.1) is 5.92 Å². The Balaban J connectivity index is 2.34. The average Bonchev–Trinajstić information content (AvgIpc) is 2.31. The molecule has 0 saturated carbocycles. The topological polar surface area (TPSA) is 32.5 Å².